The number of urea groups is 1. The Bertz CT molecular complexity index is 430. The predicted molar refractivity (Wildman–Crippen MR) is 67.5 cm³/mol. The van der Waals surface area contributed by atoms with Crippen LogP contribution in [0.5, 0.6) is 0 Å². The molecule has 6 heteroatoms. The third kappa shape index (κ3) is 4.01. The normalized spacial score (nSPS) is 18.5. The Hall–Kier alpha value is -1.98. The fourth-order valence-electron chi connectivity index (χ4n) is 2.27. The van der Waals surface area contributed by atoms with Crippen LogP contribution in [-0.2, 0) is 11.3 Å². The zero-order chi connectivity index (χ0) is 13.7. The Morgan fingerprint density at radius 2 is 2.37 bits per heavy atom. The molecule has 1 unspecified atom stereocenters. The van der Waals surface area contributed by atoms with Crippen LogP contribution in [0.1, 0.15) is 25.0 Å². The highest BCUT2D eigenvalue weighted by molar-refractivity contribution is 5.74. The lowest BCUT2D eigenvalue weighted by Crippen LogP contribution is -2.38. The summed E-state index contributed by atoms with van der Waals surface area (Å²) in [5.74, 6) is 0.237. The molecular weight excluding hydrogens is 248 g/mol. The van der Waals surface area contributed by atoms with Crippen LogP contribution in [0.3, 0.4) is 0 Å². The molecule has 2 N–H and O–H groups in total. The molecule has 0 aliphatic carbocycles. The molecule has 2 rings (SSSR count). The zero-order valence-corrected chi connectivity index (χ0v) is 10.7. The zero-order valence-electron chi connectivity index (χ0n) is 10.7. The van der Waals surface area contributed by atoms with E-state index in [2.05, 4.69) is 5.32 Å². The SMILES string of the molecule is O=C(O)CCC1CCN(C(=O)NCc2ccco2)C1. The van der Waals surface area contributed by atoms with Crippen LogP contribution in [0.25, 0.3) is 0 Å². The minimum absolute atomic E-state index is 0.116. The number of rotatable bonds is 5. The molecule has 1 fully saturated rings. The van der Waals surface area contributed by atoms with Crippen molar-refractivity contribution in [1.29, 1.82) is 0 Å². The summed E-state index contributed by atoms with van der Waals surface area (Å²) in [5.41, 5.74) is 0. The molecule has 1 aliphatic heterocycles. The lowest BCUT2D eigenvalue weighted by molar-refractivity contribution is -0.137. The second kappa shape index (κ2) is 6.26. The van der Waals surface area contributed by atoms with Gasteiger partial charge in [0.1, 0.15) is 5.76 Å². The van der Waals surface area contributed by atoms with Gasteiger partial charge in [0.05, 0.1) is 12.8 Å². The van der Waals surface area contributed by atoms with Gasteiger partial charge in [-0.25, -0.2) is 4.79 Å². The lowest BCUT2D eigenvalue weighted by atomic mass is 10.0. The molecule has 0 bridgehead atoms. The van der Waals surface area contributed by atoms with E-state index >= 15 is 0 Å². The number of carboxylic acids is 1. The van der Waals surface area contributed by atoms with E-state index in [1.165, 1.54) is 0 Å². The molecule has 1 aromatic heterocycles. The maximum absolute atomic E-state index is 11.9. The van der Waals surface area contributed by atoms with E-state index in [0.29, 0.717) is 32.0 Å². The number of hydrogen-bond donors (Lipinski definition) is 2. The number of nitrogens with zero attached hydrogens (tertiary/aromatic N) is 1. The number of aliphatic carboxylic acids is 1. The molecule has 0 aromatic carbocycles. The molecule has 19 heavy (non-hydrogen) atoms. The Kier molecular flexibility index (Phi) is 4.43. The number of carbonyl (C=O) groups excluding carboxylic acids is 1. The summed E-state index contributed by atoms with van der Waals surface area (Å²) in [6.45, 7) is 1.70. The highest BCUT2D eigenvalue weighted by Gasteiger charge is 2.26. The van der Waals surface area contributed by atoms with Crippen molar-refractivity contribution in [2.45, 2.75) is 25.8 Å². The van der Waals surface area contributed by atoms with Gasteiger partial charge in [-0.15, -0.1) is 0 Å². The summed E-state index contributed by atoms with van der Waals surface area (Å²) in [5, 5.41) is 11.4. The molecule has 0 saturated carbocycles. The molecule has 0 radical (unpaired) electrons. The minimum Gasteiger partial charge on any atom is -0.481 e. The van der Waals surface area contributed by atoms with Crippen LogP contribution >= 0.6 is 0 Å². The van der Waals surface area contributed by atoms with Gasteiger partial charge >= 0.3 is 12.0 Å². The van der Waals surface area contributed by atoms with Crippen LogP contribution in [0.4, 0.5) is 4.79 Å². The molecule has 1 saturated heterocycles. The van der Waals surface area contributed by atoms with Gasteiger partial charge in [-0.2, -0.15) is 0 Å². The maximum atomic E-state index is 11.9. The smallest absolute Gasteiger partial charge is 0.317 e. The van der Waals surface area contributed by atoms with E-state index in [9.17, 15) is 9.59 Å². The maximum Gasteiger partial charge on any atom is 0.317 e. The first kappa shape index (κ1) is 13.5. The summed E-state index contributed by atoms with van der Waals surface area (Å²) in [6.07, 6.45) is 3.25. The van der Waals surface area contributed by atoms with Gasteiger partial charge in [-0.05, 0) is 30.9 Å². The van der Waals surface area contributed by atoms with Crippen LogP contribution < -0.4 is 5.32 Å². The van der Waals surface area contributed by atoms with Crippen molar-refractivity contribution in [2.75, 3.05) is 13.1 Å². The first-order chi connectivity index (χ1) is 9.15. The number of likely N-dealkylation sites (tertiary alicyclic amines) is 1. The van der Waals surface area contributed by atoms with Gasteiger partial charge in [0.25, 0.3) is 0 Å². The Balaban J connectivity index is 1.71. The van der Waals surface area contributed by atoms with Crippen molar-refractivity contribution in [2.24, 2.45) is 5.92 Å². The molecule has 2 heterocycles. The van der Waals surface area contributed by atoms with Crippen molar-refractivity contribution in [3.63, 3.8) is 0 Å². The van der Waals surface area contributed by atoms with Crippen molar-refractivity contribution in [3.8, 4) is 0 Å². The summed E-state index contributed by atoms with van der Waals surface area (Å²) < 4.78 is 5.13. The monoisotopic (exact) mass is 266 g/mol. The van der Waals surface area contributed by atoms with Gasteiger partial charge in [0.15, 0.2) is 0 Å². The summed E-state index contributed by atoms with van der Waals surface area (Å²) in [4.78, 5) is 24.1. The molecule has 1 aromatic rings. The van der Waals surface area contributed by atoms with E-state index in [4.69, 9.17) is 9.52 Å². The standard InChI is InChI=1S/C13H18N2O4/c16-12(17)4-3-10-5-6-15(9-10)13(18)14-8-11-2-1-7-19-11/h1-2,7,10H,3-6,8-9H2,(H,14,18)(H,16,17). The summed E-state index contributed by atoms with van der Waals surface area (Å²) >= 11 is 0. The number of carboxylic acid groups (broad SMARTS) is 1. The summed E-state index contributed by atoms with van der Waals surface area (Å²) in [7, 11) is 0. The minimum atomic E-state index is -0.777. The number of carbonyl (C=O) groups is 2. The van der Waals surface area contributed by atoms with Crippen LogP contribution in [0.15, 0.2) is 22.8 Å². The molecule has 0 spiro atoms. The number of amides is 2. The Labute approximate surface area is 111 Å². The molecule has 104 valence electrons. The van der Waals surface area contributed by atoms with Gasteiger partial charge in [0, 0.05) is 19.5 Å². The van der Waals surface area contributed by atoms with Gasteiger partial charge in [-0.3, -0.25) is 4.79 Å². The average Bonchev–Trinajstić information content (AvgIpc) is 3.04. The number of nitrogens with one attached hydrogen (secondary N) is 1. The Morgan fingerprint density at radius 1 is 1.53 bits per heavy atom. The predicted octanol–water partition coefficient (Wildman–Crippen LogP) is 1.68. The van der Waals surface area contributed by atoms with Crippen LogP contribution in [-0.4, -0.2) is 35.1 Å². The number of hydrogen-bond acceptors (Lipinski definition) is 3. The fourth-order valence-corrected chi connectivity index (χ4v) is 2.27. The molecule has 1 aliphatic rings. The highest BCUT2D eigenvalue weighted by Crippen LogP contribution is 2.20. The van der Waals surface area contributed by atoms with E-state index in [1.807, 2.05) is 0 Å². The van der Waals surface area contributed by atoms with Gasteiger partial charge in [-0.1, -0.05) is 0 Å². The molecule has 1 atom stereocenters. The van der Waals surface area contributed by atoms with Crippen LogP contribution in [0, 0.1) is 5.92 Å². The summed E-state index contributed by atoms with van der Waals surface area (Å²) in [6, 6.07) is 3.47. The van der Waals surface area contributed by atoms with Crippen molar-refractivity contribution in [1.82, 2.24) is 10.2 Å². The first-order valence-electron chi connectivity index (χ1n) is 6.42. The average molecular weight is 266 g/mol. The largest absolute Gasteiger partial charge is 0.481 e. The lowest BCUT2D eigenvalue weighted by Gasteiger charge is -2.16. The van der Waals surface area contributed by atoms with Gasteiger partial charge < -0.3 is 19.7 Å². The van der Waals surface area contributed by atoms with Crippen LogP contribution in [0.2, 0.25) is 0 Å². The Morgan fingerprint density at radius 3 is 3.05 bits per heavy atom. The van der Waals surface area contributed by atoms with Gasteiger partial charge in [0.2, 0.25) is 0 Å². The quantitative estimate of drug-likeness (QED) is 0.849. The first-order valence-corrected chi connectivity index (χ1v) is 6.42. The van der Waals surface area contributed by atoms with Crippen molar-refractivity contribution >= 4 is 12.0 Å². The van der Waals surface area contributed by atoms with Crippen molar-refractivity contribution < 1.29 is 19.1 Å². The van der Waals surface area contributed by atoms with E-state index in [-0.39, 0.29) is 12.5 Å². The number of furan rings is 1. The molecule has 2 amide bonds. The fraction of sp³-hybridized carbons (Fsp3) is 0.538. The second-order valence-electron chi connectivity index (χ2n) is 4.77. The second-order valence-corrected chi connectivity index (χ2v) is 4.77. The molecular formula is C13H18N2O4. The molecule has 6 nitrogen and oxygen atoms in total. The third-order valence-corrected chi connectivity index (χ3v) is 3.33. The van der Waals surface area contributed by atoms with E-state index in [0.717, 1.165) is 12.2 Å². The van der Waals surface area contributed by atoms with E-state index < -0.39 is 5.97 Å². The van der Waals surface area contributed by atoms with Crippen molar-refractivity contribution in [3.05, 3.63) is 24.2 Å². The topological polar surface area (TPSA) is 82.8 Å². The highest BCUT2D eigenvalue weighted by atomic mass is 16.4. The van der Waals surface area contributed by atoms with E-state index in [1.54, 1.807) is 23.3 Å². The third-order valence-electron chi connectivity index (χ3n) is 3.33.